The van der Waals surface area contributed by atoms with E-state index in [2.05, 4.69) is 20.3 Å². The molecule has 0 saturated carbocycles. The van der Waals surface area contributed by atoms with Crippen LogP contribution in [0.2, 0.25) is 0 Å². The molecule has 1 saturated heterocycles. The SMILES string of the molecule is CNc1ncc2ncn([C@@H]3C[C@@H](O)[C@H](CO)O3)c2n1. The van der Waals surface area contributed by atoms with Crippen molar-refractivity contribution < 1.29 is 14.9 Å². The Hall–Kier alpha value is -1.77. The number of imidazole rings is 1. The van der Waals surface area contributed by atoms with Crippen LogP contribution in [-0.4, -0.2) is 55.6 Å². The smallest absolute Gasteiger partial charge is 0.224 e. The largest absolute Gasteiger partial charge is 0.394 e. The van der Waals surface area contributed by atoms with Gasteiger partial charge in [-0.25, -0.2) is 9.97 Å². The number of aromatic nitrogens is 4. The highest BCUT2D eigenvalue weighted by Gasteiger charge is 2.35. The van der Waals surface area contributed by atoms with E-state index < -0.39 is 12.2 Å². The Labute approximate surface area is 109 Å². The molecule has 0 aliphatic carbocycles. The van der Waals surface area contributed by atoms with Crippen molar-refractivity contribution in [2.24, 2.45) is 0 Å². The maximum atomic E-state index is 9.77. The lowest BCUT2D eigenvalue weighted by atomic mass is 10.2. The van der Waals surface area contributed by atoms with Crippen molar-refractivity contribution in [3.05, 3.63) is 12.5 Å². The third-order valence-corrected chi connectivity index (χ3v) is 3.23. The highest BCUT2D eigenvalue weighted by molar-refractivity contribution is 5.70. The molecule has 102 valence electrons. The van der Waals surface area contributed by atoms with Crippen LogP contribution in [0, 0.1) is 0 Å². The van der Waals surface area contributed by atoms with E-state index in [-0.39, 0.29) is 12.8 Å². The molecular formula is C11H15N5O3. The number of anilines is 1. The second-order valence-corrected chi connectivity index (χ2v) is 4.42. The molecule has 8 nitrogen and oxygen atoms in total. The highest BCUT2D eigenvalue weighted by Crippen LogP contribution is 2.30. The van der Waals surface area contributed by atoms with E-state index in [1.165, 1.54) is 0 Å². The number of nitrogens with zero attached hydrogens (tertiary/aromatic N) is 4. The van der Waals surface area contributed by atoms with Crippen molar-refractivity contribution in [2.45, 2.75) is 24.9 Å². The lowest BCUT2D eigenvalue weighted by Crippen LogP contribution is -2.24. The van der Waals surface area contributed by atoms with Crippen molar-refractivity contribution in [1.29, 1.82) is 0 Å². The fourth-order valence-electron chi connectivity index (χ4n) is 2.21. The second kappa shape index (κ2) is 4.72. The van der Waals surface area contributed by atoms with Crippen LogP contribution in [0.3, 0.4) is 0 Å². The van der Waals surface area contributed by atoms with Gasteiger partial charge in [0.15, 0.2) is 5.65 Å². The molecule has 1 fully saturated rings. The molecule has 2 aromatic heterocycles. The summed E-state index contributed by atoms with van der Waals surface area (Å²) in [6.45, 7) is -0.207. The quantitative estimate of drug-likeness (QED) is 0.687. The summed E-state index contributed by atoms with van der Waals surface area (Å²) in [5.74, 6) is 0.492. The molecular weight excluding hydrogens is 250 g/mol. The Balaban J connectivity index is 1.97. The van der Waals surface area contributed by atoms with E-state index >= 15 is 0 Å². The number of aliphatic hydroxyl groups excluding tert-OH is 2. The molecule has 19 heavy (non-hydrogen) atoms. The number of fused-ring (bicyclic) bond motifs is 1. The van der Waals surface area contributed by atoms with Gasteiger partial charge in [-0.15, -0.1) is 0 Å². The molecule has 0 spiro atoms. The predicted molar refractivity (Wildman–Crippen MR) is 66.5 cm³/mol. The molecule has 3 rings (SSSR count). The Bertz CT molecular complexity index is 587. The number of rotatable bonds is 3. The average Bonchev–Trinajstić information content (AvgIpc) is 3.00. The zero-order valence-electron chi connectivity index (χ0n) is 10.4. The van der Waals surface area contributed by atoms with Crippen molar-refractivity contribution in [3.8, 4) is 0 Å². The lowest BCUT2D eigenvalue weighted by molar-refractivity contribution is -0.0432. The number of hydrogen-bond donors (Lipinski definition) is 3. The molecule has 0 radical (unpaired) electrons. The van der Waals surface area contributed by atoms with E-state index in [9.17, 15) is 5.11 Å². The standard InChI is InChI=1S/C11H15N5O3/c1-12-11-13-3-6-10(15-11)16(5-14-6)9-2-7(18)8(4-17)19-9/h3,5,7-9,17-18H,2,4H2,1H3,(H,12,13,15)/t7-,8+,9+/m1/s1. The van der Waals surface area contributed by atoms with Crippen LogP contribution >= 0.6 is 0 Å². The molecule has 0 unspecified atom stereocenters. The number of hydrogen-bond acceptors (Lipinski definition) is 7. The molecule has 2 aromatic rings. The van der Waals surface area contributed by atoms with Crippen LogP contribution in [-0.2, 0) is 4.74 Å². The topological polar surface area (TPSA) is 105 Å². The van der Waals surface area contributed by atoms with Gasteiger partial charge in [0.05, 0.1) is 25.2 Å². The van der Waals surface area contributed by atoms with E-state index in [1.54, 1.807) is 24.1 Å². The molecule has 1 aliphatic rings. The van der Waals surface area contributed by atoms with Gasteiger partial charge in [0, 0.05) is 13.5 Å². The summed E-state index contributed by atoms with van der Waals surface area (Å²) >= 11 is 0. The minimum Gasteiger partial charge on any atom is -0.394 e. The van der Waals surface area contributed by atoms with Crippen molar-refractivity contribution in [3.63, 3.8) is 0 Å². The minimum absolute atomic E-state index is 0.207. The first kappa shape index (κ1) is 12.3. The summed E-state index contributed by atoms with van der Waals surface area (Å²) in [5.41, 5.74) is 1.29. The molecule has 0 amide bonds. The van der Waals surface area contributed by atoms with Crippen LogP contribution in [0.15, 0.2) is 12.5 Å². The van der Waals surface area contributed by atoms with Gasteiger partial charge in [0.25, 0.3) is 0 Å². The van der Waals surface area contributed by atoms with Gasteiger partial charge in [0.1, 0.15) is 17.8 Å². The summed E-state index contributed by atoms with van der Waals surface area (Å²) in [4.78, 5) is 12.6. The van der Waals surface area contributed by atoms with Crippen LogP contribution in [0.5, 0.6) is 0 Å². The van der Waals surface area contributed by atoms with Gasteiger partial charge in [-0.1, -0.05) is 0 Å². The Morgan fingerprint density at radius 2 is 2.37 bits per heavy atom. The summed E-state index contributed by atoms with van der Waals surface area (Å²) in [6, 6.07) is 0. The van der Waals surface area contributed by atoms with Crippen LogP contribution < -0.4 is 5.32 Å². The molecule has 0 aromatic carbocycles. The molecule has 0 bridgehead atoms. The Morgan fingerprint density at radius 3 is 3.05 bits per heavy atom. The molecule has 3 N–H and O–H groups in total. The average molecular weight is 265 g/mol. The van der Waals surface area contributed by atoms with Crippen molar-refractivity contribution >= 4 is 17.1 Å². The maximum Gasteiger partial charge on any atom is 0.224 e. The zero-order chi connectivity index (χ0) is 13.4. The first-order chi connectivity index (χ1) is 9.22. The van der Waals surface area contributed by atoms with Gasteiger partial charge in [0.2, 0.25) is 5.95 Å². The van der Waals surface area contributed by atoms with Crippen LogP contribution in [0.25, 0.3) is 11.2 Å². The summed E-state index contributed by atoms with van der Waals surface area (Å²) in [5, 5.41) is 21.7. The minimum atomic E-state index is -0.682. The zero-order valence-corrected chi connectivity index (χ0v) is 10.4. The van der Waals surface area contributed by atoms with Gasteiger partial charge in [-0.05, 0) is 0 Å². The van der Waals surface area contributed by atoms with Crippen molar-refractivity contribution in [2.75, 3.05) is 19.0 Å². The first-order valence-electron chi connectivity index (χ1n) is 6.04. The van der Waals surface area contributed by atoms with E-state index in [0.29, 0.717) is 23.5 Å². The van der Waals surface area contributed by atoms with E-state index in [1.807, 2.05) is 0 Å². The molecule has 3 heterocycles. The van der Waals surface area contributed by atoms with E-state index in [0.717, 1.165) is 0 Å². The van der Waals surface area contributed by atoms with Gasteiger partial charge < -0.3 is 20.3 Å². The van der Waals surface area contributed by atoms with Gasteiger partial charge in [-0.2, -0.15) is 4.98 Å². The Morgan fingerprint density at radius 1 is 1.53 bits per heavy atom. The molecule has 3 atom stereocenters. The normalized spacial score (nSPS) is 27.0. The van der Waals surface area contributed by atoms with Crippen LogP contribution in [0.1, 0.15) is 12.6 Å². The lowest BCUT2D eigenvalue weighted by Gasteiger charge is -2.13. The fraction of sp³-hybridized carbons (Fsp3) is 0.545. The van der Waals surface area contributed by atoms with Gasteiger partial charge in [-0.3, -0.25) is 4.57 Å². The van der Waals surface area contributed by atoms with Crippen LogP contribution in [0.4, 0.5) is 5.95 Å². The number of nitrogens with one attached hydrogen (secondary N) is 1. The first-order valence-corrected chi connectivity index (χ1v) is 6.04. The second-order valence-electron chi connectivity index (χ2n) is 4.42. The number of aliphatic hydroxyl groups is 2. The molecule has 1 aliphatic heterocycles. The summed E-state index contributed by atoms with van der Waals surface area (Å²) in [6.07, 6.45) is 2.01. The fourth-order valence-corrected chi connectivity index (χ4v) is 2.21. The number of ether oxygens (including phenoxy) is 1. The van der Waals surface area contributed by atoms with Gasteiger partial charge >= 0.3 is 0 Å². The third-order valence-electron chi connectivity index (χ3n) is 3.23. The highest BCUT2D eigenvalue weighted by atomic mass is 16.5. The van der Waals surface area contributed by atoms with E-state index in [4.69, 9.17) is 9.84 Å². The maximum absolute atomic E-state index is 9.77. The van der Waals surface area contributed by atoms with Crippen molar-refractivity contribution in [1.82, 2.24) is 19.5 Å². The molecule has 8 heteroatoms. The third kappa shape index (κ3) is 2.03. The summed E-state index contributed by atoms with van der Waals surface area (Å²) < 4.78 is 7.34. The Kier molecular flexibility index (Phi) is 3.05. The monoisotopic (exact) mass is 265 g/mol. The summed E-state index contributed by atoms with van der Waals surface area (Å²) in [7, 11) is 1.74. The predicted octanol–water partition coefficient (Wildman–Crippen LogP) is -0.491.